The van der Waals surface area contributed by atoms with Crippen LogP contribution < -0.4 is 9.47 Å². The number of esters is 2. The Morgan fingerprint density at radius 1 is 0.781 bits per heavy atom. The van der Waals surface area contributed by atoms with Crippen LogP contribution in [0, 0.1) is 17.9 Å². The smallest absolute Gasteiger partial charge is 0.345 e. The summed E-state index contributed by atoms with van der Waals surface area (Å²) in [4.78, 5) is 25.1. The van der Waals surface area contributed by atoms with Gasteiger partial charge < -0.3 is 14.0 Å². The largest absolute Gasteiger partial charge is 0.744 e. The van der Waals surface area contributed by atoms with E-state index in [1.165, 1.54) is 22.9 Å². The van der Waals surface area contributed by atoms with Gasteiger partial charge in [-0.05, 0) is 137 Å². The van der Waals surface area contributed by atoms with Crippen molar-refractivity contribution < 1.29 is 32.0 Å². The fraction of sp³-hybridized carbons (Fsp3) is 0. The lowest BCUT2D eigenvalue weighted by Gasteiger charge is -2.13. The summed E-state index contributed by atoms with van der Waals surface area (Å²) >= 11 is 10.8. The Kier molecular flexibility index (Phi) is 9.48. The summed E-state index contributed by atoms with van der Waals surface area (Å²) in [7, 11) is -4.68. The van der Waals surface area contributed by atoms with Crippen molar-refractivity contribution in [3.8, 4) is 11.5 Å². The molecule has 0 radical (unpaired) electrons. The van der Waals surface area contributed by atoms with E-state index in [1.807, 2.05) is 12.1 Å². The molecular weight excluding hydrogens is 1030 g/mol. The fourth-order valence-electron chi connectivity index (χ4n) is 2.38. The fourth-order valence-corrected chi connectivity index (χ4v) is 10.9. The first kappa shape index (κ1) is 27.2. The van der Waals surface area contributed by atoms with Gasteiger partial charge in [-0.25, -0.2) is 18.0 Å². The molecule has 1 aromatic heterocycles. The van der Waals surface area contributed by atoms with Gasteiger partial charge in [-0.2, -0.15) is 11.3 Å². The van der Waals surface area contributed by atoms with E-state index in [0.29, 0.717) is 5.75 Å². The first-order chi connectivity index (χ1) is 14.9. The van der Waals surface area contributed by atoms with Crippen LogP contribution in [0.25, 0.3) is 0 Å². The molecule has 0 saturated heterocycles. The molecule has 3 rings (SSSR count). The predicted molar refractivity (Wildman–Crippen MR) is 159 cm³/mol. The van der Waals surface area contributed by atoms with Gasteiger partial charge in [0, 0.05) is 21.5 Å². The average Bonchev–Trinajstić information content (AvgIpc) is 3.12. The third kappa shape index (κ3) is 6.44. The Morgan fingerprint density at radius 2 is 1.25 bits per heavy atom. The van der Waals surface area contributed by atoms with Gasteiger partial charge in [-0.15, -0.1) is 0 Å². The summed E-state index contributed by atoms with van der Waals surface area (Å²) in [5.41, 5.74) is 0.0642. The zero-order chi connectivity index (χ0) is 23.8. The van der Waals surface area contributed by atoms with Gasteiger partial charge in [-0.3, -0.25) is 0 Å². The number of ether oxygens (including phenoxy) is 2. The normalized spacial score (nSPS) is 11.3. The molecule has 168 valence electrons. The van der Waals surface area contributed by atoms with E-state index < -0.39 is 22.1 Å². The Balaban J connectivity index is 1.86. The Labute approximate surface area is 254 Å². The molecule has 0 aliphatic heterocycles. The second-order valence-electron chi connectivity index (χ2n) is 5.85. The summed E-state index contributed by atoms with van der Waals surface area (Å²) in [5.74, 6) is -1.06. The molecule has 0 fully saturated rings. The molecule has 0 bridgehead atoms. The van der Waals surface area contributed by atoms with Crippen LogP contribution in [-0.4, -0.2) is 24.9 Å². The second kappa shape index (κ2) is 11.1. The minimum atomic E-state index is -4.68. The lowest BCUT2D eigenvalue weighted by molar-refractivity contribution is 0.0691. The van der Waals surface area contributed by atoms with Gasteiger partial charge in [-0.1, -0.05) is 0 Å². The number of halogens is 5. The number of carbonyl (C=O) groups is 2. The third-order valence-electron chi connectivity index (χ3n) is 3.69. The van der Waals surface area contributed by atoms with Gasteiger partial charge in [0.15, 0.2) is 5.75 Å². The molecule has 2 aromatic carbocycles. The van der Waals surface area contributed by atoms with E-state index in [4.69, 9.17) is 9.47 Å². The molecule has 14 heteroatoms. The van der Waals surface area contributed by atoms with E-state index in [2.05, 4.69) is 67.8 Å². The van der Waals surface area contributed by atoms with Crippen LogP contribution >= 0.6 is 124 Å². The van der Waals surface area contributed by atoms with Crippen molar-refractivity contribution in [3.05, 3.63) is 64.0 Å². The SMILES string of the molecule is O=C(Oc1cc(I)c(S(=O)(=O)[O-])c(I)c1)c1cscc1C(=O)Oc1c(I)cc(I)cc1I. The molecule has 0 N–H and O–H groups in total. The molecule has 0 saturated carbocycles. The van der Waals surface area contributed by atoms with Crippen LogP contribution in [0.3, 0.4) is 0 Å². The number of hydrogen-bond donors (Lipinski definition) is 0. The average molecular weight is 1030 g/mol. The van der Waals surface area contributed by atoms with Crippen LogP contribution in [0.5, 0.6) is 11.5 Å². The molecule has 0 aliphatic carbocycles. The molecule has 1 heterocycles. The molecule has 3 aromatic rings. The lowest BCUT2D eigenvalue weighted by Crippen LogP contribution is -2.17. The van der Waals surface area contributed by atoms with Crippen molar-refractivity contribution in [1.82, 2.24) is 0 Å². The Hall–Kier alpha value is 0.640. The summed E-state index contributed by atoms with van der Waals surface area (Å²) < 4.78 is 47.9. The number of hydrogen-bond acceptors (Lipinski definition) is 8. The quantitative estimate of drug-likeness (QED) is 0.131. The summed E-state index contributed by atoms with van der Waals surface area (Å²) in [6, 6.07) is 6.27. The minimum absolute atomic E-state index is 0.0149. The third-order valence-corrected chi connectivity index (χ3v) is 10.0. The van der Waals surface area contributed by atoms with Gasteiger partial charge in [0.25, 0.3) is 0 Å². The lowest BCUT2D eigenvalue weighted by atomic mass is 10.2. The predicted octanol–water partition coefficient (Wildman–Crippen LogP) is 6.11. The number of rotatable bonds is 5. The van der Waals surface area contributed by atoms with Crippen molar-refractivity contribution >= 4 is 146 Å². The summed E-state index contributed by atoms with van der Waals surface area (Å²) in [5, 5.41) is 2.96. The maximum Gasteiger partial charge on any atom is 0.345 e. The van der Waals surface area contributed by atoms with E-state index in [-0.39, 0.29) is 28.9 Å². The molecule has 0 amide bonds. The highest BCUT2D eigenvalue weighted by Crippen LogP contribution is 2.32. The molecule has 0 aliphatic rings. The second-order valence-corrected chi connectivity index (χ2v) is 13.8. The first-order valence-electron chi connectivity index (χ1n) is 7.98. The van der Waals surface area contributed by atoms with Crippen LogP contribution in [0.1, 0.15) is 20.7 Å². The zero-order valence-electron chi connectivity index (χ0n) is 15.0. The Bertz CT molecular complexity index is 1310. The topological polar surface area (TPSA) is 110 Å². The van der Waals surface area contributed by atoms with Gasteiger partial charge in [0.1, 0.15) is 15.9 Å². The number of benzene rings is 2. The van der Waals surface area contributed by atoms with Crippen molar-refractivity contribution in [1.29, 1.82) is 0 Å². The highest BCUT2D eigenvalue weighted by molar-refractivity contribution is 14.1. The summed E-state index contributed by atoms with van der Waals surface area (Å²) in [6.07, 6.45) is 0. The highest BCUT2D eigenvalue weighted by atomic mass is 127. The van der Waals surface area contributed by atoms with Gasteiger partial charge in [0.05, 0.1) is 23.2 Å². The van der Waals surface area contributed by atoms with E-state index >= 15 is 0 Å². The maximum absolute atomic E-state index is 12.8. The molecule has 0 spiro atoms. The van der Waals surface area contributed by atoms with Crippen molar-refractivity contribution in [2.45, 2.75) is 4.90 Å². The number of thiophene rings is 1. The highest BCUT2D eigenvalue weighted by Gasteiger charge is 2.24. The molecule has 0 atom stereocenters. The standard InChI is InChI=1S/C18H7I5O7S2/c19-7-1-11(20)15(12(21)2-7)30-18(25)10-6-31-5-9(10)17(24)29-8-3-13(22)16(14(23)4-8)32(26,27)28/h1-6H,(H,26,27,28)/p-1. The number of carbonyl (C=O) groups excluding carboxylic acids is 2. The zero-order valence-corrected chi connectivity index (χ0v) is 27.4. The van der Waals surface area contributed by atoms with Crippen LogP contribution in [-0.2, 0) is 10.1 Å². The van der Waals surface area contributed by atoms with E-state index in [0.717, 1.165) is 22.0 Å². The Morgan fingerprint density at radius 3 is 1.72 bits per heavy atom. The van der Waals surface area contributed by atoms with Crippen LogP contribution in [0.15, 0.2) is 39.9 Å². The summed E-state index contributed by atoms with van der Waals surface area (Å²) in [6.45, 7) is 0. The van der Waals surface area contributed by atoms with Crippen molar-refractivity contribution in [2.24, 2.45) is 0 Å². The van der Waals surface area contributed by atoms with Gasteiger partial charge in [0.2, 0.25) is 0 Å². The first-order valence-corrected chi connectivity index (χ1v) is 15.7. The molecular formula is C18H6I5O7S2-. The van der Waals surface area contributed by atoms with Gasteiger partial charge >= 0.3 is 11.9 Å². The molecule has 7 nitrogen and oxygen atoms in total. The van der Waals surface area contributed by atoms with Crippen molar-refractivity contribution in [2.75, 3.05) is 0 Å². The van der Waals surface area contributed by atoms with E-state index in [1.54, 1.807) is 45.2 Å². The molecule has 32 heavy (non-hydrogen) atoms. The van der Waals surface area contributed by atoms with E-state index in [9.17, 15) is 22.6 Å². The van der Waals surface area contributed by atoms with Crippen LogP contribution in [0.2, 0.25) is 0 Å². The van der Waals surface area contributed by atoms with Crippen molar-refractivity contribution in [3.63, 3.8) is 0 Å². The molecule has 0 unspecified atom stereocenters. The maximum atomic E-state index is 12.8. The minimum Gasteiger partial charge on any atom is -0.744 e. The van der Waals surface area contributed by atoms with Crippen LogP contribution in [0.4, 0.5) is 0 Å². The monoisotopic (exact) mass is 1030 g/mol.